The second-order valence-corrected chi connectivity index (χ2v) is 14.8. The van der Waals surface area contributed by atoms with Gasteiger partial charge in [0.05, 0.1) is 13.2 Å². The molecule has 0 saturated heterocycles. The van der Waals surface area contributed by atoms with Gasteiger partial charge in [-0.3, -0.25) is 9.59 Å². The van der Waals surface area contributed by atoms with Gasteiger partial charge in [0.1, 0.15) is 6.10 Å². The number of hydrogen-bond donors (Lipinski definition) is 1. The summed E-state index contributed by atoms with van der Waals surface area (Å²) >= 11 is 0. The molecule has 0 fully saturated rings. The normalized spacial score (nSPS) is 11.7. The topological polar surface area (TPSA) is 76.1 Å². The lowest BCUT2D eigenvalue weighted by Gasteiger charge is -2.21. The third-order valence-electron chi connectivity index (χ3n) is 9.83. The molecular weight excluding hydrogens is 622 g/mol. The van der Waals surface area contributed by atoms with E-state index >= 15 is 0 Å². The van der Waals surface area contributed by atoms with E-state index < -0.39 is 0 Å². The number of aliphatic hydroxyl groups is 1. The van der Waals surface area contributed by atoms with E-state index in [9.17, 15) is 14.7 Å². The van der Waals surface area contributed by atoms with Crippen molar-refractivity contribution in [2.75, 3.05) is 32.8 Å². The van der Waals surface area contributed by atoms with Crippen LogP contribution in [-0.2, 0) is 19.1 Å². The van der Waals surface area contributed by atoms with Crippen LogP contribution in [0.3, 0.4) is 0 Å². The van der Waals surface area contributed by atoms with Crippen molar-refractivity contribution in [3.05, 3.63) is 12.2 Å². The number of ether oxygens (including phenoxy) is 2. The predicted octanol–water partition coefficient (Wildman–Crippen LogP) is 12.4. The molecule has 50 heavy (non-hydrogen) atoms. The molecule has 0 aromatic heterocycles. The summed E-state index contributed by atoms with van der Waals surface area (Å²) in [7, 11) is 0. The Morgan fingerprint density at radius 1 is 0.520 bits per heavy atom. The molecule has 0 amide bonds. The summed E-state index contributed by atoms with van der Waals surface area (Å²) < 4.78 is 11.4. The van der Waals surface area contributed by atoms with Gasteiger partial charge in [0, 0.05) is 19.4 Å². The Balaban J connectivity index is 3.97. The van der Waals surface area contributed by atoms with Gasteiger partial charge in [-0.25, -0.2) is 0 Å². The van der Waals surface area contributed by atoms with Gasteiger partial charge in [-0.1, -0.05) is 142 Å². The number of carbonyl (C=O) groups excluding carboxylic acids is 2. The molecule has 0 aliphatic carbocycles. The third kappa shape index (κ3) is 36.4. The Kier molecular flexibility index (Phi) is 39.2. The lowest BCUT2D eigenvalue weighted by Crippen LogP contribution is -2.29. The van der Waals surface area contributed by atoms with Crippen molar-refractivity contribution in [2.45, 2.75) is 226 Å². The molecule has 6 heteroatoms. The molecule has 0 heterocycles. The number of allylic oxidation sites excluding steroid dienone is 2. The number of nitrogens with zero attached hydrogens (tertiary/aromatic N) is 1. The summed E-state index contributed by atoms with van der Waals surface area (Å²) in [6.45, 7) is 10.1. The van der Waals surface area contributed by atoms with Crippen LogP contribution >= 0.6 is 0 Å². The number of esters is 2. The van der Waals surface area contributed by atoms with Crippen molar-refractivity contribution in [3.8, 4) is 0 Å². The van der Waals surface area contributed by atoms with E-state index in [-0.39, 0.29) is 24.6 Å². The smallest absolute Gasteiger partial charge is 0.306 e. The van der Waals surface area contributed by atoms with Crippen molar-refractivity contribution in [1.29, 1.82) is 0 Å². The zero-order chi connectivity index (χ0) is 36.6. The first kappa shape index (κ1) is 48.6. The first-order chi connectivity index (χ1) is 24.6. The highest BCUT2D eigenvalue weighted by Gasteiger charge is 2.14. The van der Waals surface area contributed by atoms with Crippen LogP contribution in [0.5, 0.6) is 0 Å². The highest BCUT2D eigenvalue weighted by atomic mass is 16.5. The number of carbonyl (C=O) groups is 2. The van der Waals surface area contributed by atoms with Crippen molar-refractivity contribution in [3.63, 3.8) is 0 Å². The van der Waals surface area contributed by atoms with Crippen LogP contribution in [0.15, 0.2) is 12.2 Å². The Hall–Kier alpha value is -1.40. The van der Waals surface area contributed by atoms with Crippen LogP contribution in [0.4, 0.5) is 0 Å². The molecule has 0 aromatic carbocycles. The standard InChI is InChI=1S/C44H85NO5/c1-4-7-10-13-16-17-18-24-32-41-49-43(47)35-29-25-31-38-45(39-40-46)37-30-23-19-22-28-36-44(48)50-42(33-26-20-14-11-8-5-2)34-27-21-15-12-9-6-3/h10,13,42,46H,4-9,11-12,14-41H2,1-3H3/b13-10+. The largest absolute Gasteiger partial charge is 0.466 e. The van der Waals surface area contributed by atoms with Gasteiger partial charge >= 0.3 is 11.9 Å². The summed E-state index contributed by atoms with van der Waals surface area (Å²) in [4.78, 5) is 27.1. The first-order valence-electron chi connectivity index (χ1n) is 21.9. The van der Waals surface area contributed by atoms with Crippen LogP contribution in [0.1, 0.15) is 220 Å². The summed E-state index contributed by atoms with van der Waals surface area (Å²) in [5.74, 6) is -0.0553. The number of unbranched alkanes of at least 4 members (excludes halogenated alkanes) is 21. The van der Waals surface area contributed by atoms with Gasteiger partial charge < -0.3 is 19.5 Å². The molecule has 0 bridgehead atoms. The fourth-order valence-electron chi connectivity index (χ4n) is 6.58. The quantitative estimate of drug-likeness (QED) is 0.0388. The van der Waals surface area contributed by atoms with Gasteiger partial charge in [0.25, 0.3) is 0 Å². The second kappa shape index (κ2) is 40.4. The molecule has 0 spiro atoms. The molecule has 0 aliphatic heterocycles. The molecule has 0 atom stereocenters. The van der Waals surface area contributed by atoms with Crippen LogP contribution in [-0.4, -0.2) is 60.9 Å². The summed E-state index contributed by atoms with van der Waals surface area (Å²) in [5, 5.41) is 9.53. The average Bonchev–Trinajstić information content (AvgIpc) is 3.11. The van der Waals surface area contributed by atoms with Crippen molar-refractivity contribution in [2.24, 2.45) is 0 Å². The Bertz CT molecular complexity index is 726. The maximum absolute atomic E-state index is 12.7. The molecule has 6 nitrogen and oxygen atoms in total. The van der Waals surface area contributed by atoms with Gasteiger partial charge in [0.2, 0.25) is 0 Å². The van der Waals surface area contributed by atoms with E-state index in [1.165, 1.54) is 103 Å². The maximum atomic E-state index is 12.7. The van der Waals surface area contributed by atoms with Crippen LogP contribution in [0.2, 0.25) is 0 Å². The Morgan fingerprint density at radius 3 is 1.60 bits per heavy atom. The van der Waals surface area contributed by atoms with E-state index in [4.69, 9.17) is 9.47 Å². The van der Waals surface area contributed by atoms with Gasteiger partial charge in [0.15, 0.2) is 0 Å². The van der Waals surface area contributed by atoms with Crippen LogP contribution in [0, 0.1) is 0 Å². The first-order valence-corrected chi connectivity index (χ1v) is 21.9. The van der Waals surface area contributed by atoms with Gasteiger partial charge in [-0.05, 0) is 90.1 Å². The highest BCUT2D eigenvalue weighted by Crippen LogP contribution is 2.18. The van der Waals surface area contributed by atoms with Gasteiger partial charge in [-0.2, -0.15) is 0 Å². The lowest BCUT2D eigenvalue weighted by molar-refractivity contribution is -0.150. The molecule has 296 valence electrons. The third-order valence-corrected chi connectivity index (χ3v) is 9.83. The summed E-state index contributed by atoms with van der Waals surface area (Å²) in [6, 6.07) is 0. The molecule has 0 saturated carbocycles. The van der Waals surface area contributed by atoms with E-state index in [1.807, 2.05) is 0 Å². The fraction of sp³-hybridized carbons (Fsp3) is 0.909. The monoisotopic (exact) mass is 708 g/mol. The summed E-state index contributed by atoms with van der Waals surface area (Å²) in [6.07, 6.45) is 39.5. The Morgan fingerprint density at radius 2 is 1.00 bits per heavy atom. The number of aliphatic hydroxyl groups excluding tert-OH is 1. The predicted molar refractivity (Wildman–Crippen MR) is 214 cm³/mol. The minimum atomic E-state index is -0.0610. The van der Waals surface area contributed by atoms with Crippen molar-refractivity contribution < 1.29 is 24.2 Å². The van der Waals surface area contributed by atoms with Crippen LogP contribution in [0.25, 0.3) is 0 Å². The number of hydrogen-bond acceptors (Lipinski definition) is 6. The van der Waals surface area contributed by atoms with E-state index in [0.29, 0.717) is 26.0 Å². The average molecular weight is 708 g/mol. The second-order valence-electron chi connectivity index (χ2n) is 14.8. The minimum absolute atomic E-state index is 0.00573. The van der Waals surface area contributed by atoms with Crippen molar-refractivity contribution >= 4 is 11.9 Å². The number of rotatable bonds is 40. The van der Waals surface area contributed by atoms with E-state index in [1.54, 1.807) is 0 Å². The minimum Gasteiger partial charge on any atom is -0.466 e. The zero-order valence-corrected chi connectivity index (χ0v) is 33.7. The maximum Gasteiger partial charge on any atom is 0.306 e. The zero-order valence-electron chi connectivity index (χ0n) is 33.7. The highest BCUT2D eigenvalue weighted by molar-refractivity contribution is 5.69. The molecule has 0 aromatic rings. The van der Waals surface area contributed by atoms with E-state index in [0.717, 1.165) is 96.6 Å². The van der Waals surface area contributed by atoms with E-state index in [2.05, 4.69) is 37.8 Å². The molecular formula is C44H85NO5. The van der Waals surface area contributed by atoms with Crippen molar-refractivity contribution in [1.82, 2.24) is 4.90 Å². The molecule has 0 aliphatic rings. The molecule has 0 unspecified atom stereocenters. The summed E-state index contributed by atoms with van der Waals surface area (Å²) in [5.41, 5.74) is 0. The molecule has 0 radical (unpaired) electrons. The fourth-order valence-corrected chi connectivity index (χ4v) is 6.58. The SMILES string of the molecule is CCC/C=C/CCCCCCOC(=O)CCCCCN(CCO)CCCCCCCC(=O)OC(CCCCCCCC)CCCCCCCC. The Labute approximate surface area is 311 Å². The molecule has 1 N–H and O–H groups in total. The molecule has 0 rings (SSSR count). The lowest BCUT2D eigenvalue weighted by atomic mass is 10.0. The van der Waals surface area contributed by atoms with Gasteiger partial charge in [-0.15, -0.1) is 0 Å². The van der Waals surface area contributed by atoms with Crippen LogP contribution < -0.4 is 0 Å².